The molecule has 0 unspecified atom stereocenters. The van der Waals surface area contributed by atoms with Gasteiger partial charge in [-0.15, -0.1) is 0 Å². The fraction of sp³-hybridized carbons (Fsp3) is 0.692. The van der Waals surface area contributed by atoms with Gasteiger partial charge in [0.05, 0.1) is 23.7 Å². The summed E-state index contributed by atoms with van der Waals surface area (Å²) in [5, 5.41) is 0. The highest BCUT2D eigenvalue weighted by Crippen LogP contribution is 2.17. The predicted molar refractivity (Wildman–Crippen MR) is 126 cm³/mol. The molecule has 2 aromatic rings. The summed E-state index contributed by atoms with van der Waals surface area (Å²) >= 11 is 0. The van der Waals surface area contributed by atoms with Crippen molar-refractivity contribution in [3.8, 4) is 0 Å². The average molecular weight is 415 g/mol. The van der Waals surface area contributed by atoms with E-state index in [-0.39, 0.29) is 5.97 Å². The third kappa shape index (κ3) is 9.32. The van der Waals surface area contributed by atoms with E-state index in [1.165, 1.54) is 103 Å². The standard InChI is InChI=1S/C26H42N2O2/c1-3-4-5-6-7-8-9-10-11-12-13-14-15-16-17-18-25-27-23-20-19-22(26(29)30-2)21-24(23)28-25/h19-21H,3-18H2,1-2H3,(H,27,28). The first-order valence-corrected chi connectivity index (χ1v) is 12.3. The van der Waals surface area contributed by atoms with E-state index < -0.39 is 0 Å². The lowest BCUT2D eigenvalue weighted by Gasteiger charge is -2.03. The van der Waals surface area contributed by atoms with Crippen molar-refractivity contribution in [1.82, 2.24) is 9.97 Å². The van der Waals surface area contributed by atoms with Crippen LogP contribution in [0.4, 0.5) is 0 Å². The number of hydrogen-bond donors (Lipinski definition) is 1. The van der Waals surface area contributed by atoms with Crippen LogP contribution >= 0.6 is 0 Å². The van der Waals surface area contributed by atoms with Crippen molar-refractivity contribution in [3.05, 3.63) is 29.6 Å². The van der Waals surface area contributed by atoms with Crippen LogP contribution in [0.1, 0.15) is 119 Å². The maximum absolute atomic E-state index is 11.6. The number of methoxy groups -OCH3 is 1. The lowest BCUT2D eigenvalue weighted by Crippen LogP contribution is -2.00. The summed E-state index contributed by atoms with van der Waals surface area (Å²) in [5.74, 6) is 0.706. The number of unbranched alkanes of at least 4 members (excludes halogenated alkanes) is 14. The topological polar surface area (TPSA) is 55.0 Å². The number of aromatic nitrogens is 2. The molecule has 0 bridgehead atoms. The Balaban J connectivity index is 1.46. The highest BCUT2D eigenvalue weighted by molar-refractivity contribution is 5.93. The predicted octanol–water partition coefficient (Wildman–Crippen LogP) is 7.76. The largest absolute Gasteiger partial charge is 0.465 e. The zero-order valence-electron chi connectivity index (χ0n) is 19.3. The van der Waals surface area contributed by atoms with Gasteiger partial charge in [0.25, 0.3) is 0 Å². The van der Waals surface area contributed by atoms with Crippen molar-refractivity contribution >= 4 is 17.0 Å². The summed E-state index contributed by atoms with van der Waals surface area (Å²) in [7, 11) is 1.40. The van der Waals surface area contributed by atoms with Gasteiger partial charge in [0, 0.05) is 6.42 Å². The van der Waals surface area contributed by atoms with Gasteiger partial charge in [0.1, 0.15) is 5.82 Å². The normalized spacial score (nSPS) is 11.3. The third-order valence-corrected chi connectivity index (χ3v) is 5.97. The number of nitrogens with zero attached hydrogens (tertiary/aromatic N) is 1. The molecule has 168 valence electrons. The molecule has 0 aliphatic carbocycles. The molecule has 0 aliphatic rings. The number of esters is 1. The van der Waals surface area contributed by atoms with Crippen LogP contribution < -0.4 is 0 Å². The van der Waals surface area contributed by atoms with E-state index in [0.717, 1.165) is 23.3 Å². The van der Waals surface area contributed by atoms with Crippen LogP contribution in [0.3, 0.4) is 0 Å². The fourth-order valence-corrected chi connectivity index (χ4v) is 4.09. The first-order chi connectivity index (χ1) is 14.7. The van der Waals surface area contributed by atoms with Crippen molar-refractivity contribution in [2.24, 2.45) is 0 Å². The molecule has 30 heavy (non-hydrogen) atoms. The van der Waals surface area contributed by atoms with Crippen molar-refractivity contribution in [2.45, 2.75) is 110 Å². The molecule has 4 nitrogen and oxygen atoms in total. The molecule has 0 atom stereocenters. The lowest BCUT2D eigenvalue weighted by atomic mass is 10.0. The number of ether oxygens (including phenoxy) is 1. The van der Waals surface area contributed by atoms with Crippen LogP contribution in [0.25, 0.3) is 11.0 Å². The summed E-state index contributed by atoms with van der Waals surface area (Å²) in [6.45, 7) is 2.28. The number of H-pyrrole nitrogens is 1. The molecule has 0 fully saturated rings. The SMILES string of the molecule is CCCCCCCCCCCCCCCCCc1nc2ccc(C(=O)OC)cc2[nH]1. The van der Waals surface area contributed by atoms with E-state index in [1.54, 1.807) is 6.07 Å². The Kier molecular flexibility index (Phi) is 12.2. The molecule has 1 aromatic carbocycles. The summed E-state index contributed by atoms with van der Waals surface area (Å²) in [5.41, 5.74) is 2.39. The molecule has 0 saturated carbocycles. The zero-order valence-corrected chi connectivity index (χ0v) is 19.3. The van der Waals surface area contributed by atoms with E-state index in [2.05, 4.69) is 16.9 Å². The quantitative estimate of drug-likeness (QED) is 0.212. The summed E-state index contributed by atoms with van der Waals surface area (Å²) in [6.07, 6.45) is 21.7. The van der Waals surface area contributed by atoms with Gasteiger partial charge >= 0.3 is 5.97 Å². The Hall–Kier alpha value is -1.84. The number of aromatic amines is 1. The first kappa shape index (κ1) is 24.4. The van der Waals surface area contributed by atoms with Crippen molar-refractivity contribution in [1.29, 1.82) is 0 Å². The van der Waals surface area contributed by atoms with Crippen LogP contribution in [0.15, 0.2) is 18.2 Å². The average Bonchev–Trinajstić information content (AvgIpc) is 3.17. The number of nitrogens with one attached hydrogen (secondary N) is 1. The van der Waals surface area contributed by atoms with E-state index in [4.69, 9.17) is 4.74 Å². The number of carbonyl (C=O) groups excluding carboxylic acids is 1. The second kappa shape index (κ2) is 15.0. The molecule has 0 amide bonds. The first-order valence-electron chi connectivity index (χ1n) is 12.3. The lowest BCUT2D eigenvalue weighted by molar-refractivity contribution is 0.0601. The van der Waals surface area contributed by atoms with Crippen LogP contribution in [-0.4, -0.2) is 23.0 Å². The van der Waals surface area contributed by atoms with Crippen molar-refractivity contribution in [2.75, 3.05) is 7.11 Å². The molecule has 0 saturated heterocycles. The molecule has 1 aromatic heterocycles. The van der Waals surface area contributed by atoms with Crippen LogP contribution in [0.5, 0.6) is 0 Å². The Morgan fingerprint density at radius 2 is 1.37 bits per heavy atom. The number of aryl methyl sites for hydroxylation is 1. The molecule has 1 N–H and O–H groups in total. The van der Waals surface area contributed by atoms with E-state index in [1.807, 2.05) is 12.1 Å². The Labute approximate surface area is 183 Å². The van der Waals surface area contributed by atoms with Crippen LogP contribution in [0.2, 0.25) is 0 Å². The minimum absolute atomic E-state index is 0.310. The molecule has 0 aliphatic heterocycles. The molecule has 0 radical (unpaired) electrons. The number of fused-ring (bicyclic) bond motifs is 1. The Morgan fingerprint density at radius 3 is 1.90 bits per heavy atom. The highest BCUT2D eigenvalue weighted by Gasteiger charge is 2.08. The van der Waals surface area contributed by atoms with Gasteiger partial charge in [-0.1, -0.05) is 96.8 Å². The van der Waals surface area contributed by atoms with Gasteiger partial charge in [-0.2, -0.15) is 0 Å². The second-order valence-corrected chi connectivity index (χ2v) is 8.61. The Morgan fingerprint density at radius 1 is 0.833 bits per heavy atom. The number of carbonyl (C=O) groups is 1. The zero-order chi connectivity index (χ0) is 21.4. The van der Waals surface area contributed by atoms with Gasteiger partial charge in [0.15, 0.2) is 0 Å². The molecule has 2 rings (SSSR count). The Bertz CT molecular complexity index is 723. The second-order valence-electron chi connectivity index (χ2n) is 8.61. The third-order valence-electron chi connectivity index (χ3n) is 5.97. The minimum atomic E-state index is -0.310. The minimum Gasteiger partial charge on any atom is -0.465 e. The number of rotatable bonds is 17. The number of imidazole rings is 1. The molecule has 4 heteroatoms. The summed E-state index contributed by atoms with van der Waals surface area (Å²) < 4.78 is 4.78. The van der Waals surface area contributed by atoms with Gasteiger partial charge in [-0.3, -0.25) is 0 Å². The van der Waals surface area contributed by atoms with Gasteiger partial charge in [-0.25, -0.2) is 9.78 Å². The number of hydrogen-bond acceptors (Lipinski definition) is 3. The summed E-state index contributed by atoms with van der Waals surface area (Å²) in [6, 6.07) is 5.48. The van der Waals surface area contributed by atoms with Crippen LogP contribution in [-0.2, 0) is 11.2 Å². The monoisotopic (exact) mass is 414 g/mol. The van der Waals surface area contributed by atoms with E-state index >= 15 is 0 Å². The maximum atomic E-state index is 11.6. The van der Waals surface area contributed by atoms with Gasteiger partial charge in [-0.05, 0) is 24.6 Å². The fourth-order valence-electron chi connectivity index (χ4n) is 4.09. The molecular weight excluding hydrogens is 372 g/mol. The number of benzene rings is 1. The maximum Gasteiger partial charge on any atom is 0.337 e. The molecular formula is C26H42N2O2. The molecule has 0 spiro atoms. The van der Waals surface area contributed by atoms with Gasteiger partial charge in [0.2, 0.25) is 0 Å². The van der Waals surface area contributed by atoms with Gasteiger partial charge < -0.3 is 9.72 Å². The van der Waals surface area contributed by atoms with Crippen molar-refractivity contribution < 1.29 is 9.53 Å². The summed E-state index contributed by atoms with van der Waals surface area (Å²) in [4.78, 5) is 19.6. The van der Waals surface area contributed by atoms with E-state index in [0.29, 0.717) is 5.56 Å². The molecule has 1 heterocycles. The van der Waals surface area contributed by atoms with Crippen molar-refractivity contribution in [3.63, 3.8) is 0 Å². The smallest absolute Gasteiger partial charge is 0.337 e. The van der Waals surface area contributed by atoms with Crippen LogP contribution in [0, 0.1) is 0 Å². The highest BCUT2D eigenvalue weighted by atomic mass is 16.5. The van der Waals surface area contributed by atoms with E-state index in [9.17, 15) is 4.79 Å².